The molecule has 0 atom stereocenters. The molecule has 3 heteroatoms. The monoisotopic (exact) mass is 240 g/mol. The number of hydrogen-bond acceptors (Lipinski definition) is 3. The average molecular weight is 240 g/mol. The molecule has 1 fully saturated rings. The largest absolute Gasteiger partial charge is 0.465 e. The average Bonchev–Trinajstić information content (AvgIpc) is 2.11. The number of carbonyl (C=O) groups excluding carboxylic acids is 2. The fraction of sp³-hybridized carbons (Fsp3) is 0.857. The third-order valence-electron chi connectivity index (χ3n) is 3.34. The van der Waals surface area contributed by atoms with Gasteiger partial charge in [0.2, 0.25) is 0 Å². The lowest BCUT2D eigenvalue weighted by Crippen LogP contribution is -2.57. The van der Waals surface area contributed by atoms with Gasteiger partial charge in [-0.05, 0) is 25.2 Å². The van der Waals surface area contributed by atoms with Gasteiger partial charge in [0.1, 0.15) is 5.41 Å². The second kappa shape index (κ2) is 4.11. The summed E-state index contributed by atoms with van der Waals surface area (Å²) < 4.78 is 5.10. The number of ether oxygens (including phenoxy) is 1. The quantitative estimate of drug-likeness (QED) is 0.562. The third-order valence-corrected chi connectivity index (χ3v) is 3.34. The van der Waals surface area contributed by atoms with Gasteiger partial charge < -0.3 is 4.74 Å². The van der Waals surface area contributed by atoms with Gasteiger partial charge in [0, 0.05) is 5.41 Å². The smallest absolute Gasteiger partial charge is 0.319 e. The summed E-state index contributed by atoms with van der Waals surface area (Å²) in [6.45, 7) is 11.9. The minimum Gasteiger partial charge on any atom is -0.465 e. The van der Waals surface area contributed by atoms with Crippen molar-refractivity contribution in [2.45, 2.75) is 54.4 Å². The van der Waals surface area contributed by atoms with Crippen molar-refractivity contribution in [3.63, 3.8) is 0 Å². The molecule has 1 saturated carbocycles. The van der Waals surface area contributed by atoms with Crippen molar-refractivity contribution in [1.29, 1.82) is 0 Å². The molecule has 0 aromatic heterocycles. The van der Waals surface area contributed by atoms with Gasteiger partial charge >= 0.3 is 5.97 Å². The van der Waals surface area contributed by atoms with Gasteiger partial charge in [0.25, 0.3) is 0 Å². The number of carbonyl (C=O) groups is 2. The summed E-state index contributed by atoms with van der Waals surface area (Å²) >= 11 is 0. The summed E-state index contributed by atoms with van der Waals surface area (Å²) in [6.07, 6.45) is 1.21. The van der Waals surface area contributed by atoms with Crippen LogP contribution in [0, 0.1) is 16.2 Å². The highest BCUT2D eigenvalue weighted by atomic mass is 16.5. The van der Waals surface area contributed by atoms with E-state index in [2.05, 4.69) is 13.8 Å². The normalized spacial score (nSPS) is 21.5. The van der Waals surface area contributed by atoms with E-state index in [0.29, 0.717) is 19.4 Å². The second-order valence-electron chi connectivity index (χ2n) is 6.90. The van der Waals surface area contributed by atoms with E-state index in [-0.39, 0.29) is 17.2 Å². The Balaban J connectivity index is 2.99. The van der Waals surface area contributed by atoms with Crippen LogP contribution in [0.15, 0.2) is 0 Å². The molecule has 98 valence electrons. The Morgan fingerprint density at radius 1 is 1.18 bits per heavy atom. The van der Waals surface area contributed by atoms with E-state index in [1.54, 1.807) is 6.92 Å². The zero-order valence-electron chi connectivity index (χ0n) is 11.8. The Kier molecular flexibility index (Phi) is 3.43. The molecule has 1 aliphatic carbocycles. The van der Waals surface area contributed by atoms with Crippen LogP contribution in [-0.2, 0) is 14.3 Å². The molecule has 0 saturated heterocycles. The van der Waals surface area contributed by atoms with Crippen molar-refractivity contribution < 1.29 is 14.3 Å². The van der Waals surface area contributed by atoms with Gasteiger partial charge in [-0.3, -0.25) is 9.59 Å². The van der Waals surface area contributed by atoms with Crippen molar-refractivity contribution in [2.24, 2.45) is 16.2 Å². The molecule has 1 aliphatic rings. The molecule has 0 radical (unpaired) electrons. The first-order valence-corrected chi connectivity index (χ1v) is 6.27. The molecule has 0 bridgehead atoms. The van der Waals surface area contributed by atoms with Gasteiger partial charge in [-0.25, -0.2) is 0 Å². The maximum atomic E-state index is 12.5. The molecule has 0 aliphatic heterocycles. The van der Waals surface area contributed by atoms with E-state index in [1.165, 1.54) is 0 Å². The fourth-order valence-corrected chi connectivity index (χ4v) is 2.97. The lowest BCUT2D eigenvalue weighted by Gasteiger charge is -2.51. The summed E-state index contributed by atoms with van der Waals surface area (Å²) in [6, 6.07) is 0. The predicted octanol–water partition coefficient (Wildman–Crippen LogP) is 2.97. The van der Waals surface area contributed by atoms with Crippen LogP contribution in [0.25, 0.3) is 0 Å². The zero-order chi connectivity index (χ0) is 13.5. The molecule has 3 nitrogen and oxygen atoms in total. The van der Waals surface area contributed by atoms with Crippen molar-refractivity contribution in [2.75, 3.05) is 6.61 Å². The summed E-state index contributed by atoms with van der Waals surface area (Å²) in [4.78, 5) is 24.6. The molecule has 0 heterocycles. The first kappa shape index (κ1) is 14.2. The number of ketones is 1. The van der Waals surface area contributed by atoms with Gasteiger partial charge in [-0.2, -0.15) is 0 Å². The molecule has 17 heavy (non-hydrogen) atoms. The maximum Gasteiger partial charge on any atom is 0.319 e. The molecule has 0 aromatic rings. The summed E-state index contributed by atoms with van der Waals surface area (Å²) in [5, 5.41) is 0. The number of rotatable bonds is 3. The lowest BCUT2D eigenvalue weighted by molar-refractivity contribution is -0.179. The van der Waals surface area contributed by atoms with Gasteiger partial charge in [-0.15, -0.1) is 0 Å². The standard InChI is InChI=1S/C14H24O3/c1-7-17-11(16)14(8-13(5,6)9-14)10(15)12(2,3)4/h7-9H2,1-6H3. The molecule has 0 unspecified atom stereocenters. The summed E-state index contributed by atoms with van der Waals surface area (Å²) in [7, 11) is 0. The Bertz CT molecular complexity index is 326. The van der Waals surface area contributed by atoms with E-state index in [1.807, 2.05) is 20.8 Å². The fourth-order valence-electron chi connectivity index (χ4n) is 2.97. The van der Waals surface area contributed by atoms with Crippen LogP contribution in [0.1, 0.15) is 54.4 Å². The van der Waals surface area contributed by atoms with Gasteiger partial charge in [0.05, 0.1) is 6.61 Å². The summed E-state index contributed by atoms with van der Waals surface area (Å²) in [5.41, 5.74) is -1.32. The van der Waals surface area contributed by atoms with Crippen LogP contribution >= 0.6 is 0 Å². The van der Waals surface area contributed by atoms with E-state index >= 15 is 0 Å². The molecule has 0 aromatic carbocycles. The van der Waals surface area contributed by atoms with Crippen LogP contribution in [0.3, 0.4) is 0 Å². The Morgan fingerprint density at radius 2 is 1.65 bits per heavy atom. The Hall–Kier alpha value is -0.860. The molecule has 1 rings (SSSR count). The number of hydrogen-bond donors (Lipinski definition) is 0. The van der Waals surface area contributed by atoms with Crippen molar-refractivity contribution >= 4 is 11.8 Å². The minimum absolute atomic E-state index is 0.0165. The molecular formula is C14H24O3. The van der Waals surface area contributed by atoms with Crippen LogP contribution in [0.5, 0.6) is 0 Å². The van der Waals surface area contributed by atoms with E-state index in [0.717, 1.165) is 0 Å². The first-order chi connectivity index (χ1) is 7.55. The van der Waals surface area contributed by atoms with Gasteiger partial charge in [-0.1, -0.05) is 34.6 Å². The highest BCUT2D eigenvalue weighted by Gasteiger charge is 2.61. The molecular weight excluding hydrogens is 216 g/mol. The van der Waals surface area contributed by atoms with Gasteiger partial charge in [0.15, 0.2) is 5.78 Å². The van der Waals surface area contributed by atoms with Crippen molar-refractivity contribution in [3.05, 3.63) is 0 Å². The zero-order valence-corrected chi connectivity index (χ0v) is 11.8. The predicted molar refractivity (Wildman–Crippen MR) is 66.5 cm³/mol. The highest BCUT2D eigenvalue weighted by molar-refractivity contribution is 6.07. The van der Waals surface area contributed by atoms with E-state index < -0.39 is 10.8 Å². The minimum atomic E-state index is -0.891. The van der Waals surface area contributed by atoms with Crippen molar-refractivity contribution in [3.8, 4) is 0 Å². The number of Topliss-reactive ketones (excluding diaryl/α,β-unsaturated/α-hetero) is 1. The number of esters is 1. The SMILES string of the molecule is CCOC(=O)C1(C(=O)C(C)(C)C)CC(C)(C)C1. The second-order valence-corrected chi connectivity index (χ2v) is 6.90. The van der Waals surface area contributed by atoms with Crippen LogP contribution < -0.4 is 0 Å². The summed E-state index contributed by atoms with van der Waals surface area (Å²) in [5.74, 6) is -0.318. The topological polar surface area (TPSA) is 43.4 Å². The van der Waals surface area contributed by atoms with Crippen molar-refractivity contribution in [1.82, 2.24) is 0 Å². The van der Waals surface area contributed by atoms with Crippen LogP contribution in [0.4, 0.5) is 0 Å². The molecule has 0 N–H and O–H groups in total. The lowest BCUT2D eigenvalue weighted by atomic mass is 9.50. The highest BCUT2D eigenvalue weighted by Crippen LogP contribution is 2.57. The maximum absolute atomic E-state index is 12.5. The van der Waals surface area contributed by atoms with Crippen LogP contribution in [-0.4, -0.2) is 18.4 Å². The molecule has 0 spiro atoms. The van der Waals surface area contributed by atoms with E-state index in [9.17, 15) is 9.59 Å². The Morgan fingerprint density at radius 3 is 1.94 bits per heavy atom. The third kappa shape index (κ3) is 2.53. The Labute approximate surface area is 104 Å². The molecule has 0 amide bonds. The van der Waals surface area contributed by atoms with Crippen LogP contribution in [0.2, 0.25) is 0 Å². The first-order valence-electron chi connectivity index (χ1n) is 6.27. The van der Waals surface area contributed by atoms with E-state index in [4.69, 9.17) is 4.74 Å².